The van der Waals surface area contributed by atoms with Crippen LogP contribution in [0.4, 0.5) is 0 Å². The summed E-state index contributed by atoms with van der Waals surface area (Å²) >= 11 is 7.03. The van der Waals surface area contributed by atoms with Crippen molar-refractivity contribution >= 4 is 29.3 Å². The van der Waals surface area contributed by atoms with Gasteiger partial charge in [0.25, 0.3) is 0 Å². The fourth-order valence-electron chi connectivity index (χ4n) is 0.764. The van der Waals surface area contributed by atoms with E-state index in [9.17, 15) is 4.79 Å². The zero-order valence-electron chi connectivity index (χ0n) is 7.53. The molecule has 1 N–H and O–H groups in total. The number of rotatable bonds is 4. The number of hydrogen-bond donors (Lipinski definition) is 1. The van der Waals surface area contributed by atoms with Gasteiger partial charge in [0.2, 0.25) is 0 Å². The van der Waals surface area contributed by atoms with Crippen molar-refractivity contribution in [3.8, 4) is 0 Å². The zero-order chi connectivity index (χ0) is 10.6. The second kappa shape index (κ2) is 5.17. The topological polar surface area (TPSA) is 63.1 Å². The van der Waals surface area contributed by atoms with Gasteiger partial charge in [0.15, 0.2) is 10.9 Å². The Kier molecular flexibility index (Phi) is 4.16. The smallest absolute Gasteiger partial charge is 0.356 e. The molecule has 6 heteroatoms. The Morgan fingerprint density at radius 1 is 1.71 bits per heavy atom. The first-order valence-corrected chi connectivity index (χ1v) is 5.40. The van der Waals surface area contributed by atoms with Gasteiger partial charge in [0.1, 0.15) is 0 Å². The van der Waals surface area contributed by atoms with Crippen LogP contribution in [0, 0.1) is 0 Å². The second-order valence-electron chi connectivity index (χ2n) is 2.50. The Balaban J connectivity index is 2.89. The van der Waals surface area contributed by atoms with Crippen LogP contribution in [0.5, 0.6) is 0 Å². The molecule has 0 saturated heterocycles. The molecule has 0 amide bonds. The van der Waals surface area contributed by atoms with Crippen molar-refractivity contribution in [1.29, 1.82) is 0 Å². The Hall–Kier alpha value is -0.810. The van der Waals surface area contributed by atoms with Gasteiger partial charge in [-0.15, -0.1) is 0 Å². The molecule has 0 saturated carbocycles. The van der Waals surface area contributed by atoms with E-state index in [4.69, 9.17) is 16.7 Å². The molecule has 0 radical (unpaired) electrons. The van der Waals surface area contributed by atoms with Crippen LogP contribution in [0.15, 0.2) is 11.4 Å². The molecule has 0 aliphatic carbocycles. The molecule has 4 nitrogen and oxygen atoms in total. The van der Waals surface area contributed by atoms with E-state index in [1.807, 2.05) is 6.92 Å². The summed E-state index contributed by atoms with van der Waals surface area (Å²) < 4.78 is 0. The van der Waals surface area contributed by atoms with Gasteiger partial charge in [-0.3, -0.25) is 0 Å². The van der Waals surface area contributed by atoms with Crippen LogP contribution >= 0.6 is 23.4 Å². The summed E-state index contributed by atoms with van der Waals surface area (Å²) in [6.45, 7) is 2.03. The highest BCUT2D eigenvalue weighted by atomic mass is 35.5. The average molecular weight is 233 g/mol. The van der Waals surface area contributed by atoms with E-state index >= 15 is 0 Å². The summed E-state index contributed by atoms with van der Waals surface area (Å²) in [6, 6.07) is 0. The van der Waals surface area contributed by atoms with Crippen molar-refractivity contribution in [3.63, 3.8) is 0 Å². The van der Waals surface area contributed by atoms with Gasteiger partial charge in [-0.1, -0.05) is 30.3 Å². The minimum Gasteiger partial charge on any atom is -0.476 e. The summed E-state index contributed by atoms with van der Waals surface area (Å²) in [5.74, 6) is -0.267. The molecule has 0 aliphatic rings. The predicted octanol–water partition coefficient (Wildman–Crippen LogP) is 2.33. The SMILES string of the molecule is CCCSc1ncc(Cl)c(C(=O)O)n1. The summed E-state index contributed by atoms with van der Waals surface area (Å²) in [5.41, 5.74) is -0.139. The lowest BCUT2D eigenvalue weighted by atomic mass is 10.4. The standard InChI is InChI=1S/C8H9ClN2O2S/c1-2-3-14-8-10-4-5(9)6(11-8)7(12)13/h4H,2-3H2,1H3,(H,12,13). The van der Waals surface area contributed by atoms with Gasteiger partial charge in [-0.05, 0) is 6.42 Å². The van der Waals surface area contributed by atoms with E-state index < -0.39 is 5.97 Å². The number of thioether (sulfide) groups is 1. The summed E-state index contributed by atoms with van der Waals surface area (Å²) in [7, 11) is 0. The number of hydrogen-bond acceptors (Lipinski definition) is 4. The molecule has 0 bridgehead atoms. The molecular formula is C8H9ClN2O2S. The minimum atomic E-state index is -1.13. The Morgan fingerprint density at radius 2 is 2.43 bits per heavy atom. The molecule has 0 aromatic carbocycles. The lowest BCUT2D eigenvalue weighted by Crippen LogP contribution is -2.03. The second-order valence-corrected chi connectivity index (χ2v) is 3.97. The number of carbonyl (C=O) groups is 1. The Morgan fingerprint density at radius 3 is 3.00 bits per heavy atom. The van der Waals surface area contributed by atoms with Gasteiger partial charge in [0, 0.05) is 5.75 Å². The van der Waals surface area contributed by atoms with E-state index in [0.717, 1.165) is 12.2 Å². The first-order chi connectivity index (χ1) is 6.65. The summed E-state index contributed by atoms with van der Waals surface area (Å²) in [4.78, 5) is 18.4. The largest absolute Gasteiger partial charge is 0.476 e. The number of aromatic carboxylic acids is 1. The molecule has 0 fully saturated rings. The average Bonchev–Trinajstić information content (AvgIpc) is 2.16. The highest BCUT2D eigenvalue weighted by Crippen LogP contribution is 2.18. The van der Waals surface area contributed by atoms with Crippen molar-refractivity contribution in [1.82, 2.24) is 9.97 Å². The molecular weight excluding hydrogens is 224 g/mol. The third-order valence-electron chi connectivity index (χ3n) is 1.36. The molecule has 0 aliphatic heterocycles. The van der Waals surface area contributed by atoms with E-state index in [0.29, 0.717) is 5.16 Å². The first kappa shape index (κ1) is 11.3. The number of aromatic nitrogens is 2. The number of nitrogens with zero attached hydrogens (tertiary/aromatic N) is 2. The van der Waals surface area contributed by atoms with Crippen LogP contribution in [-0.2, 0) is 0 Å². The third kappa shape index (κ3) is 2.85. The molecule has 1 aromatic rings. The van der Waals surface area contributed by atoms with Gasteiger partial charge in [-0.2, -0.15) is 0 Å². The van der Waals surface area contributed by atoms with E-state index in [-0.39, 0.29) is 10.7 Å². The summed E-state index contributed by atoms with van der Waals surface area (Å²) in [6.07, 6.45) is 2.30. The molecule has 1 rings (SSSR count). The highest BCUT2D eigenvalue weighted by Gasteiger charge is 2.12. The maximum absolute atomic E-state index is 10.7. The van der Waals surface area contributed by atoms with Crippen molar-refractivity contribution in [2.45, 2.75) is 18.5 Å². The van der Waals surface area contributed by atoms with Crippen molar-refractivity contribution in [2.75, 3.05) is 5.75 Å². The van der Waals surface area contributed by atoms with Crippen LogP contribution < -0.4 is 0 Å². The highest BCUT2D eigenvalue weighted by molar-refractivity contribution is 7.99. The zero-order valence-corrected chi connectivity index (χ0v) is 9.10. The Bertz CT molecular complexity index is 346. The van der Waals surface area contributed by atoms with Crippen molar-refractivity contribution < 1.29 is 9.90 Å². The monoisotopic (exact) mass is 232 g/mol. The normalized spacial score (nSPS) is 10.1. The van der Waals surface area contributed by atoms with Crippen LogP contribution in [0.3, 0.4) is 0 Å². The first-order valence-electron chi connectivity index (χ1n) is 4.03. The number of carboxylic acid groups (broad SMARTS) is 1. The van der Waals surface area contributed by atoms with Crippen LogP contribution in [-0.4, -0.2) is 26.8 Å². The van der Waals surface area contributed by atoms with Crippen LogP contribution in [0.25, 0.3) is 0 Å². The molecule has 1 heterocycles. The molecule has 1 aromatic heterocycles. The predicted molar refractivity (Wildman–Crippen MR) is 55.0 cm³/mol. The van der Waals surface area contributed by atoms with Gasteiger partial charge >= 0.3 is 5.97 Å². The van der Waals surface area contributed by atoms with Gasteiger partial charge < -0.3 is 5.11 Å². The third-order valence-corrected chi connectivity index (χ3v) is 2.70. The molecule has 14 heavy (non-hydrogen) atoms. The van der Waals surface area contributed by atoms with Crippen molar-refractivity contribution in [2.24, 2.45) is 0 Å². The quantitative estimate of drug-likeness (QED) is 0.638. The van der Waals surface area contributed by atoms with Crippen molar-refractivity contribution in [3.05, 3.63) is 16.9 Å². The lowest BCUT2D eigenvalue weighted by molar-refractivity contribution is 0.0689. The maximum atomic E-state index is 10.7. The fraction of sp³-hybridized carbons (Fsp3) is 0.375. The van der Waals surface area contributed by atoms with E-state index in [1.165, 1.54) is 18.0 Å². The lowest BCUT2D eigenvalue weighted by Gasteiger charge is -2.00. The fourth-order valence-corrected chi connectivity index (χ4v) is 1.61. The van der Waals surface area contributed by atoms with Gasteiger partial charge in [-0.25, -0.2) is 14.8 Å². The van der Waals surface area contributed by atoms with Crippen LogP contribution in [0.1, 0.15) is 23.8 Å². The summed E-state index contributed by atoms with van der Waals surface area (Å²) in [5, 5.41) is 9.25. The minimum absolute atomic E-state index is 0.0679. The molecule has 76 valence electrons. The molecule has 0 unspecified atom stereocenters. The van der Waals surface area contributed by atoms with Gasteiger partial charge in [0.05, 0.1) is 11.2 Å². The molecule has 0 spiro atoms. The Labute approximate surface area is 90.7 Å². The molecule has 0 atom stereocenters. The van der Waals surface area contributed by atoms with E-state index in [1.54, 1.807) is 0 Å². The number of halogens is 1. The maximum Gasteiger partial charge on any atom is 0.356 e. The number of carboxylic acids is 1. The van der Waals surface area contributed by atoms with Crippen LogP contribution in [0.2, 0.25) is 5.02 Å². The van der Waals surface area contributed by atoms with E-state index in [2.05, 4.69) is 9.97 Å².